The lowest BCUT2D eigenvalue weighted by Crippen LogP contribution is -2.41. The van der Waals surface area contributed by atoms with E-state index in [0.29, 0.717) is 18.9 Å². The molecule has 0 aliphatic carbocycles. The molecule has 16 heavy (non-hydrogen) atoms. The van der Waals surface area contributed by atoms with Gasteiger partial charge < -0.3 is 10.2 Å². The van der Waals surface area contributed by atoms with Gasteiger partial charge in [-0.25, -0.2) is 0 Å². The summed E-state index contributed by atoms with van der Waals surface area (Å²) in [5.41, 5.74) is 0. The maximum Gasteiger partial charge on any atom is 0.242 e. The van der Waals surface area contributed by atoms with Gasteiger partial charge in [-0.15, -0.1) is 0 Å². The van der Waals surface area contributed by atoms with Gasteiger partial charge in [0.25, 0.3) is 0 Å². The SMILES string of the molecule is CCC(C)CC(C)N1CCC(=O)NCC1=O. The standard InChI is InChI=1S/C12H22N2O2/c1-4-9(2)7-10(3)14-6-5-11(15)13-8-12(14)16/h9-10H,4-8H2,1-3H3,(H,13,15). The first kappa shape index (κ1) is 13.0. The monoisotopic (exact) mass is 226 g/mol. The number of rotatable bonds is 4. The Kier molecular flexibility index (Phi) is 4.77. The van der Waals surface area contributed by atoms with Gasteiger partial charge in [-0.2, -0.15) is 0 Å². The molecule has 0 saturated carbocycles. The Morgan fingerprint density at radius 3 is 2.69 bits per heavy atom. The molecule has 1 aliphatic rings. The van der Waals surface area contributed by atoms with E-state index in [2.05, 4.69) is 26.1 Å². The first-order valence-corrected chi connectivity index (χ1v) is 6.10. The first-order valence-electron chi connectivity index (χ1n) is 6.10. The van der Waals surface area contributed by atoms with Crippen LogP contribution in [-0.4, -0.2) is 35.8 Å². The highest BCUT2D eigenvalue weighted by molar-refractivity contribution is 5.87. The molecule has 4 heteroatoms. The van der Waals surface area contributed by atoms with Crippen LogP contribution in [0.4, 0.5) is 0 Å². The number of hydrogen-bond acceptors (Lipinski definition) is 2. The molecule has 1 fully saturated rings. The Bertz CT molecular complexity index is 266. The fraction of sp³-hybridized carbons (Fsp3) is 0.833. The van der Waals surface area contributed by atoms with Crippen LogP contribution in [0.25, 0.3) is 0 Å². The molecule has 1 N–H and O–H groups in total. The van der Waals surface area contributed by atoms with Crippen molar-refractivity contribution in [1.82, 2.24) is 10.2 Å². The van der Waals surface area contributed by atoms with Crippen LogP contribution in [0.3, 0.4) is 0 Å². The Hall–Kier alpha value is -1.06. The lowest BCUT2D eigenvalue weighted by atomic mass is 9.99. The molecular formula is C12H22N2O2. The molecule has 1 aliphatic heterocycles. The number of carbonyl (C=O) groups is 2. The second kappa shape index (κ2) is 5.87. The van der Waals surface area contributed by atoms with Crippen LogP contribution in [-0.2, 0) is 9.59 Å². The smallest absolute Gasteiger partial charge is 0.242 e. The highest BCUT2D eigenvalue weighted by Crippen LogP contribution is 2.15. The van der Waals surface area contributed by atoms with Crippen LogP contribution in [0.15, 0.2) is 0 Å². The molecule has 0 spiro atoms. The lowest BCUT2D eigenvalue weighted by molar-refractivity contribution is -0.132. The van der Waals surface area contributed by atoms with Crippen molar-refractivity contribution in [1.29, 1.82) is 0 Å². The second-order valence-corrected chi connectivity index (χ2v) is 4.71. The van der Waals surface area contributed by atoms with E-state index >= 15 is 0 Å². The number of carbonyl (C=O) groups excluding carboxylic acids is 2. The summed E-state index contributed by atoms with van der Waals surface area (Å²) in [5.74, 6) is 0.642. The molecule has 92 valence electrons. The minimum Gasteiger partial charge on any atom is -0.347 e. The molecule has 0 aromatic heterocycles. The third kappa shape index (κ3) is 3.51. The van der Waals surface area contributed by atoms with Gasteiger partial charge in [0.05, 0.1) is 6.54 Å². The largest absolute Gasteiger partial charge is 0.347 e. The zero-order valence-corrected chi connectivity index (χ0v) is 10.5. The maximum atomic E-state index is 11.8. The van der Waals surface area contributed by atoms with Gasteiger partial charge in [0, 0.05) is 19.0 Å². The van der Waals surface area contributed by atoms with Crippen molar-refractivity contribution in [2.24, 2.45) is 5.92 Å². The quantitative estimate of drug-likeness (QED) is 0.782. The van der Waals surface area contributed by atoms with Crippen LogP contribution >= 0.6 is 0 Å². The molecule has 2 unspecified atom stereocenters. The molecule has 4 nitrogen and oxygen atoms in total. The summed E-state index contributed by atoms with van der Waals surface area (Å²) in [6, 6.07) is 0.232. The summed E-state index contributed by atoms with van der Waals surface area (Å²) in [5, 5.41) is 2.62. The van der Waals surface area contributed by atoms with Gasteiger partial charge in [0.1, 0.15) is 0 Å². The Morgan fingerprint density at radius 1 is 1.38 bits per heavy atom. The molecule has 1 saturated heterocycles. The summed E-state index contributed by atoms with van der Waals surface area (Å²) >= 11 is 0. The molecule has 1 heterocycles. The third-order valence-electron chi connectivity index (χ3n) is 3.31. The molecule has 0 bridgehead atoms. The summed E-state index contributed by atoms with van der Waals surface area (Å²) < 4.78 is 0. The van der Waals surface area contributed by atoms with Crippen molar-refractivity contribution in [3.8, 4) is 0 Å². The molecule has 0 aromatic rings. The van der Waals surface area contributed by atoms with Gasteiger partial charge in [-0.05, 0) is 19.3 Å². The number of nitrogens with one attached hydrogen (secondary N) is 1. The highest BCUT2D eigenvalue weighted by Gasteiger charge is 2.24. The van der Waals surface area contributed by atoms with E-state index in [9.17, 15) is 9.59 Å². The normalized spacial score (nSPS) is 21.3. The van der Waals surface area contributed by atoms with E-state index in [1.165, 1.54) is 0 Å². The Morgan fingerprint density at radius 2 is 2.06 bits per heavy atom. The molecule has 2 amide bonds. The molecule has 2 atom stereocenters. The first-order chi connectivity index (χ1) is 7.54. The third-order valence-corrected chi connectivity index (χ3v) is 3.31. The van der Waals surface area contributed by atoms with E-state index in [1.807, 2.05) is 4.90 Å². The van der Waals surface area contributed by atoms with E-state index in [-0.39, 0.29) is 24.4 Å². The van der Waals surface area contributed by atoms with Crippen LogP contribution in [0, 0.1) is 5.92 Å². The average Bonchev–Trinajstić information content (AvgIpc) is 2.41. The van der Waals surface area contributed by atoms with Gasteiger partial charge in [0.2, 0.25) is 11.8 Å². The number of amides is 2. The van der Waals surface area contributed by atoms with Crippen LogP contribution < -0.4 is 5.32 Å². The van der Waals surface area contributed by atoms with E-state index in [4.69, 9.17) is 0 Å². The summed E-state index contributed by atoms with van der Waals surface area (Å²) in [6.07, 6.45) is 2.57. The maximum absolute atomic E-state index is 11.8. The van der Waals surface area contributed by atoms with Crippen molar-refractivity contribution < 1.29 is 9.59 Å². The predicted octanol–water partition coefficient (Wildman–Crippen LogP) is 1.16. The molecule has 0 aromatic carbocycles. The van der Waals surface area contributed by atoms with Crippen molar-refractivity contribution in [2.75, 3.05) is 13.1 Å². The van der Waals surface area contributed by atoms with Crippen molar-refractivity contribution in [3.05, 3.63) is 0 Å². The van der Waals surface area contributed by atoms with Crippen molar-refractivity contribution in [3.63, 3.8) is 0 Å². The molecule has 1 rings (SSSR count). The van der Waals surface area contributed by atoms with E-state index < -0.39 is 0 Å². The molecular weight excluding hydrogens is 204 g/mol. The van der Waals surface area contributed by atoms with Crippen LogP contribution in [0.2, 0.25) is 0 Å². The fourth-order valence-electron chi connectivity index (χ4n) is 2.05. The van der Waals surface area contributed by atoms with Crippen molar-refractivity contribution >= 4 is 11.8 Å². The number of nitrogens with zero attached hydrogens (tertiary/aromatic N) is 1. The topological polar surface area (TPSA) is 49.4 Å². The van der Waals surface area contributed by atoms with Crippen molar-refractivity contribution in [2.45, 2.75) is 46.1 Å². The summed E-state index contributed by atoms with van der Waals surface area (Å²) in [7, 11) is 0. The summed E-state index contributed by atoms with van der Waals surface area (Å²) in [4.78, 5) is 24.8. The van der Waals surface area contributed by atoms with E-state index in [1.54, 1.807) is 0 Å². The minimum atomic E-state index is -0.0217. The lowest BCUT2D eigenvalue weighted by Gasteiger charge is -2.29. The average molecular weight is 226 g/mol. The minimum absolute atomic E-state index is 0.0217. The zero-order chi connectivity index (χ0) is 12.1. The Labute approximate surface area is 97.4 Å². The number of hydrogen-bond donors (Lipinski definition) is 1. The van der Waals surface area contributed by atoms with Crippen LogP contribution in [0.5, 0.6) is 0 Å². The fourth-order valence-corrected chi connectivity index (χ4v) is 2.05. The van der Waals surface area contributed by atoms with E-state index in [0.717, 1.165) is 12.8 Å². The zero-order valence-electron chi connectivity index (χ0n) is 10.5. The summed E-state index contributed by atoms with van der Waals surface area (Å²) in [6.45, 7) is 7.14. The predicted molar refractivity (Wildman–Crippen MR) is 62.9 cm³/mol. The van der Waals surface area contributed by atoms with Gasteiger partial charge >= 0.3 is 0 Å². The highest BCUT2D eigenvalue weighted by atomic mass is 16.2. The van der Waals surface area contributed by atoms with Gasteiger partial charge in [0.15, 0.2) is 0 Å². The molecule has 0 radical (unpaired) electrons. The van der Waals surface area contributed by atoms with Gasteiger partial charge in [-0.1, -0.05) is 20.3 Å². The Balaban J connectivity index is 2.55. The van der Waals surface area contributed by atoms with Crippen LogP contribution in [0.1, 0.15) is 40.0 Å². The van der Waals surface area contributed by atoms with Gasteiger partial charge in [-0.3, -0.25) is 9.59 Å². The second-order valence-electron chi connectivity index (χ2n) is 4.71.